The number of rotatable bonds is 4. The number of aromatic nitrogens is 1. The zero-order chi connectivity index (χ0) is 10.7. The van der Waals surface area contributed by atoms with Gasteiger partial charge in [0, 0.05) is 6.42 Å². The first-order valence-electron chi connectivity index (χ1n) is 4.93. The summed E-state index contributed by atoms with van der Waals surface area (Å²) in [7, 11) is 0. The van der Waals surface area contributed by atoms with Crippen molar-refractivity contribution in [2.75, 3.05) is 6.61 Å². The smallest absolute Gasteiger partial charge is 0.0939 e. The third kappa shape index (κ3) is 2.53. The average Bonchev–Trinajstić information content (AvgIpc) is 2.68. The molecule has 1 aromatic carbocycles. The monoisotopic (exact) mass is 223 g/mol. The summed E-state index contributed by atoms with van der Waals surface area (Å²) in [6.45, 7) is -0.176. The summed E-state index contributed by atoms with van der Waals surface area (Å²) in [4.78, 5) is 4.44. The van der Waals surface area contributed by atoms with E-state index in [1.807, 2.05) is 24.3 Å². The van der Waals surface area contributed by atoms with Crippen LogP contribution in [0.4, 0.5) is 0 Å². The average molecular weight is 223 g/mol. The Kier molecular flexibility index (Phi) is 3.30. The molecule has 3 nitrogen and oxygen atoms in total. The van der Waals surface area contributed by atoms with Crippen molar-refractivity contribution in [1.29, 1.82) is 0 Å². The van der Waals surface area contributed by atoms with Crippen LogP contribution in [0.5, 0.6) is 0 Å². The van der Waals surface area contributed by atoms with E-state index in [-0.39, 0.29) is 6.61 Å². The van der Waals surface area contributed by atoms with Crippen LogP contribution in [0.25, 0.3) is 10.2 Å². The van der Waals surface area contributed by atoms with Gasteiger partial charge in [-0.1, -0.05) is 12.1 Å². The van der Waals surface area contributed by atoms with E-state index >= 15 is 0 Å². The van der Waals surface area contributed by atoms with Crippen molar-refractivity contribution in [3.8, 4) is 0 Å². The Morgan fingerprint density at radius 1 is 1.33 bits per heavy atom. The van der Waals surface area contributed by atoms with Gasteiger partial charge in [0.25, 0.3) is 0 Å². The highest BCUT2D eigenvalue weighted by Gasteiger charge is 2.06. The number of para-hydroxylation sites is 1. The molecule has 1 unspecified atom stereocenters. The fraction of sp³-hybridized carbons (Fsp3) is 0.364. The summed E-state index contributed by atoms with van der Waals surface area (Å²) in [5.41, 5.74) is 1.01. The van der Waals surface area contributed by atoms with Gasteiger partial charge >= 0.3 is 0 Å². The summed E-state index contributed by atoms with van der Waals surface area (Å²) in [6.07, 6.45) is 0.661. The lowest BCUT2D eigenvalue weighted by atomic mass is 10.2. The molecule has 0 radical (unpaired) electrons. The third-order valence-corrected chi connectivity index (χ3v) is 3.34. The molecule has 0 saturated carbocycles. The van der Waals surface area contributed by atoms with Crippen LogP contribution in [-0.4, -0.2) is 27.9 Å². The number of hydrogen-bond acceptors (Lipinski definition) is 4. The van der Waals surface area contributed by atoms with Crippen molar-refractivity contribution in [2.24, 2.45) is 0 Å². The molecule has 0 fully saturated rings. The molecule has 0 bridgehead atoms. The summed E-state index contributed by atoms with van der Waals surface area (Å²) in [6, 6.07) is 7.98. The van der Waals surface area contributed by atoms with Gasteiger partial charge in [-0.3, -0.25) is 0 Å². The molecule has 4 heteroatoms. The van der Waals surface area contributed by atoms with Crippen molar-refractivity contribution < 1.29 is 10.2 Å². The SMILES string of the molecule is OCC(O)CCc1nc2ccccc2s1. The van der Waals surface area contributed by atoms with E-state index in [1.165, 1.54) is 4.70 Å². The van der Waals surface area contributed by atoms with Crippen LogP contribution in [0, 0.1) is 0 Å². The van der Waals surface area contributed by atoms with Gasteiger partial charge in [-0.15, -0.1) is 11.3 Å². The molecule has 15 heavy (non-hydrogen) atoms. The quantitative estimate of drug-likeness (QED) is 0.827. The topological polar surface area (TPSA) is 53.4 Å². The number of nitrogens with zero attached hydrogens (tertiary/aromatic N) is 1. The molecule has 1 aromatic heterocycles. The standard InChI is InChI=1S/C11H13NO2S/c13-7-8(14)5-6-11-12-9-3-1-2-4-10(9)15-11/h1-4,8,13-14H,5-7H2. The Morgan fingerprint density at radius 2 is 2.13 bits per heavy atom. The zero-order valence-electron chi connectivity index (χ0n) is 8.26. The van der Waals surface area contributed by atoms with E-state index in [2.05, 4.69) is 4.98 Å². The van der Waals surface area contributed by atoms with Gasteiger partial charge in [-0.05, 0) is 18.6 Å². The van der Waals surface area contributed by atoms with Gasteiger partial charge in [0.05, 0.1) is 27.9 Å². The summed E-state index contributed by atoms with van der Waals surface area (Å²) in [5, 5.41) is 18.9. The molecular formula is C11H13NO2S. The van der Waals surface area contributed by atoms with Crippen LogP contribution >= 0.6 is 11.3 Å². The lowest BCUT2D eigenvalue weighted by Crippen LogP contribution is -2.12. The Labute approximate surface area is 92.0 Å². The summed E-state index contributed by atoms with van der Waals surface area (Å²) < 4.78 is 1.17. The first-order valence-corrected chi connectivity index (χ1v) is 5.74. The number of aryl methyl sites for hydroxylation is 1. The highest BCUT2D eigenvalue weighted by atomic mass is 32.1. The van der Waals surface area contributed by atoms with Crippen molar-refractivity contribution in [3.63, 3.8) is 0 Å². The molecule has 0 amide bonds. The van der Waals surface area contributed by atoms with Crippen LogP contribution in [0.2, 0.25) is 0 Å². The Hall–Kier alpha value is -0.970. The highest BCUT2D eigenvalue weighted by molar-refractivity contribution is 7.18. The molecule has 2 rings (SSSR count). The minimum atomic E-state index is -0.628. The van der Waals surface area contributed by atoms with Crippen molar-refractivity contribution in [3.05, 3.63) is 29.3 Å². The van der Waals surface area contributed by atoms with Crippen LogP contribution in [0.3, 0.4) is 0 Å². The molecule has 2 N–H and O–H groups in total. The van der Waals surface area contributed by atoms with Gasteiger partial charge < -0.3 is 10.2 Å². The van der Waals surface area contributed by atoms with Crippen LogP contribution in [0.1, 0.15) is 11.4 Å². The second-order valence-corrected chi connectivity index (χ2v) is 4.57. The minimum Gasteiger partial charge on any atom is -0.394 e. The lowest BCUT2D eigenvalue weighted by molar-refractivity contribution is 0.0886. The number of benzene rings is 1. The van der Waals surface area contributed by atoms with Gasteiger partial charge in [0.1, 0.15) is 0 Å². The first-order chi connectivity index (χ1) is 7.29. The molecule has 0 aliphatic heterocycles. The van der Waals surface area contributed by atoms with Crippen molar-refractivity contribution in [2.45, 2.75) is 18.9 Å². The van der Waals surface area contributed by atoms with E-state index in [1.54, 1.807) is 11.3 Å². The maximum Gasteiger partial charge on any atom is 0.0939 e. The van der Waals surface area contributed by atoms with Gasteiger partial charge in [-0.25, -0.2) is 4.98 Å². The second kappa shape index (κ2) is 4.70. The van der Waals surface area contributed by atoms with E-state index < -0.39 is 6.10 Å². The molecular weight excluding hydrogens is 210 g/mol. The predicted octanol–water partition coefficient (Wildman–Crippen LogP) is 1.58. The molecule has 0 aliphatic rings. The minimum absolute atomic E-state index is 0.176. The maximum atomic E-state index is 9.22. The van der Waals surface area contributed by atoms with Crippen LogP contribution < -0.4 is 0 Å². The lowest BCUT2D eigenvalue weighted by Gasteiger charge is -2.03. The van der Waals surface area contributed by atoms with Gasteiger partial charge in [0.15, 0.2) is 0 Å². The number of aliphatic hydroxyl groups is 2. The summed E-state index contributed by atoms with van der Waals surface area (Å²) >= 11 is 1.65. The number of thiazole rings is 1. The van der Waals surface area contributed by atoms with E-state index in [0.29, 0.717) is 6.42 Å². The maximum absolute atomic E-state index is 9.22. The summed E-state index contributed by atoms with van der Waals surface area (Å²) in [5.74, 6) is 0. The number of fused-ring (bicyclic) bond motifs is 1. The molecule has 1 heterocycles. The third-order valence-electron chi connectivity index (χ3n) is 2.24. The molecule has 2 aromatic rings. The fourth-order valence-electron chi connectivity index (χ4n) is 1.41. The molecule has 0 aliphatic carbocycles. The van der Waals surface area contributed by atoms with Gasteiger partial charge in [0.2, 0.25) is 0 Å². The second-order valence-electron chi connectivity index (χ2n) is 3.45. The van der Waals surface area contributed by atoms with Crippen molar-refractivity contribution >= 4 is 21.6 Å². The fourth-order valence-corrected chi connectivity index (χ4v) is 2.39. The highest BCUT2D eigenvalue weighted by Crippen LogP contribution is 2.22. The molecule has 0 saturated heterocycles. The van der Waals surface area contributed by atoms with Crippen LogP contribution in [-0.2, 0) is 6.42 Å². The van der Waals surface area contributed by atoms with E-state index in [9.17, 15) is 5.11 Å². The van der Waals surface area contributed by atoms with Crippen molar-refractivity contribution in [1.82, 2.24) is 4.98 Å². The largest absolute Gasteiger partial charge is 0.394 e. The Bertz CT molecular complexity index is 408. The Morgan fingerprint density at radius 3 is 2.87 bits per heavy atom. The molecule has 0 spiro atoms. The van der Waals surface area contributed by atoms with E-state index in [0.717, 1.165) is 16.9 Å². The molecule has 1 atom stereocenters. The zero-order valence-corrected chi connectivity index (χ0v) is 9.07. The van der Waals surface area contributed by atoms with E-state index in [4.69, 9.17) is 5.11 Å². The number of hydrogen-bond donors (Lipinski definition) is 2. The normalized spacial score (nSPS) is 13.2. The first kappa shape index (κ1) is 10.5. The molecule has 80 valence electrons. The van der Waals surface area contributed by atoms with Gasteiger partial charge in [-0.2, -0.15) is 0 Å². The van der Waals surface area contributed by atoms with Crippen LogP contribution in [0.15, 0.2) is 24.3 Å². The Balaban J connectivity index is 2.09. The number of aliphatic hydroxyl groups excluding tert-OH is 2. The predicted molar refractivity (Wildman–Crippen MR) is 61.0 cm³/mol.